The summed E-state index contributed by atoms with van der Waals surface area (Å²) in [6.07, 6.45) is 5.84. The molecule has 0 atom stereocenters. The highest BCUT2D eigenvalue weighted by Crippen LogP contribution is 2.18. The van der Waals surface area contributed by atoms with Crippen LogP contribution < -0.4 is 5.32 Å². The van der Waals surface area contributed by atoms with E-state index in [2.05, 4.69) is 34.7 Å². The monoisotopic (exact) mass is 367 g/mol. The molecule has 26 heavy (non-hydrogen) atoms. The minimum absolute atomic E-state index is 0.0666. The van der Waals surface area contributed by atoms with E-state index in [4.69, 9.17) is 11.6 Å². The Morgan fingerprint density at radius 3 is 2.58 bits per heavy atom. The molecule has 4 nitrogen and oxygen atoms in total. The first kappa shape index (κ1) is 18.2. The highest BCUT2D eigenvalue weighted by molar-refractivity contribution is 6.30. The number of rotatable bonds is 7. The molecule has 0 fully saturated rings. The maximum Gasteiger partial charge on any atom is 0.220 e. The van der Waals surface area contributed by atoms with Gasteiger partial charge in [-0.15, -0.1) is 0 Å². The van der Waals surface area contributed by atoms with Crippen LogP contribution in [0.15, 0.2) is 60.9 Å². The van der Waals surface area contributed by atoms with Gasteiger partial charge in [-0.3, -0.25) is 9.48 Å². The fraction of sp³-hybridized carbons (Fsp3) is 0.238. The SMILES string of the molecule is Cn1cc(-c2ccc(CCNC(=O)CCc3cccc(Cl)c3)cc2)cn1. The van der Waals surface area contributed by atoms with E-state index in [9.17, 15) is 4.79 Å². The largest absolute Gasteiger partial charge is 0.356 e. The summed E-state index contributed by atoms with van der Waals surface area (Å²) in [7, 11) is 1.91. The van der Waals surface area contributed by atoms with E-state index in [0.29, 0.717) is 24.4 Å². The van der Waals surface area contributed by atoms with Gasteiger partial charge in [0.2, 0.25) is 5.91 Å². The van der Waals surface area contributed by atoms with Crippen LogP contribution in [-0.2, 0) is 24.7 Å². The van der Waals surface area contributed by atoms with E-state index in [-0.39, 0.29) is 5.91 Å². The van der Waals surface area contributed by atoms with Crippen molar-refractivity contribution in [1.82, 2.24) is 15.1 Å². The van der Waals surface area contributed by atoms with Crippen molar-refractivity contribution in [3.63, 3.8) is 0 Å². The van der Waals surface area contributed by atoms with Crippen LogP contribution in [-0.4, -0.2) is 22.2 Å². The van der Waals surface area contributed by atoms with E-state index >= 15 is 0 Å². The van der Waals surface area contributed by atoms with E-state index < -0.39 is 0 Å². The predicted octanol–water partition coefficient (Wildman–Crippen LogP) is 4.03. The number of carbonyl (C=O) groups excluding carboxylic acids is 1. The third-order valence-electron chi connectivity index (χ3n) is 4.26. The van der Waals surface area contributed by atoms with Crippen LogP contribution >= 0.6 is 11.6 Å². The first-order valence-corrected chi connectivity index (χ1v) is 9.07. The van der Waals surface area contributed by atoms with Crippen LogP contribution in [0.1, 0.15) is 17.5 Å². The van der Waals surface area contributed by atoms with Gasteiger partial charge in [0.05, 0.1) is 6.20 Å². The number of aryl methyl sites for hydroxylation is 2. The Morgan fingerprint density at radius 2 is 1.88 bits per heavy atom. The molecule has 1 N–H and O–H groups in total. The Hall–Kier alpha value is -2.59. The number of aromatic nitrogens is 2. The number of benzene rings is 2. The second-order valence-electron chi connectivity index (χ2n) is 6.33. The van der Waals surface area contributed by atoms with Gasteiger partial charge in [-0.25, -0.2) is 0 Å². The summed E-state index contributed by atoms with van der Waals surface area (Å²) in [5, 5.41) is 7.88. The van der Waals surface area contributed by atoms with Crippen LogP contribution in [0.4, 0.5) is 0 Å². The zero-order chi connectivity index (χ0) is 18.4. The Kier molecular flexibility index (Phi) is 6.08. The van der Waals surface area contributed by atoms with Crippen LogP contribution in [0.25, 0.3) is 11.1 Å². The van der Waals surface area contributed by atoms with Gasteiger partial charge >= 0.3 is 0 Å². The van der Waals surface area contributed by atoms with Gasteiger partial charge in [0.25, 0.3) is 0 Å². The van der Waals surface area contributed by atoms with Crippen molar-refractivity contribution in [3.8, 4) is 11.1 Å². The highest BCUT2D eigenvalue weighted by atomic mass is 35.5. The molecule has 0 bridgehead atoms. The minimum Gasteiger partial charge on any atom is -0.356 e. The van der Waals surface area contributed by atoms with Crippen molar-refractivity contribution in [3.05, 3.63) is 77.1 Å². The van der Waals surface area contributed by atoms with Crippen molar-refractivity contribution < 1.29 is 4.79 Å². The van der Waals surface area contributed by atoms with E-state index in [0.717, 1.165) is 23.1 Å². The van der Waals surface area contributed by atoms with Gasteiger partial charge in [0.1, 0.15) is 0 Å². The average molecular weight is 368 g/mol. The third kappa shape index (κ3) is 5.20. The molecule has 0 saturated carbocycles. The molecule has 0 unspecified atom stereocenters. The van der Waals surface area contributed by atoms with Crippen molar-refractivity contribution >= 4 is 17.5 Å². The van der Waals surface area contributed by atoms with Crippen molar-refractivity contribution in [2.75, 3.05) is 6.54 Å². The molecule has 5 heteroatoms. The molecular weight excluding hydrogens is 346 g/mol. The molecule has 1 heterocycles. The minimum atomic E-state index is 0.0666. The van der Waals surface area contributed by atoms with Crippen LogP contribution in [0.3, 0.4) is 0 Å². The zero-order valence-corrected chi connectivity index (χ0v) is 15.5. The molecule has 2 aromatic carbocycles. The summed E-state index contributed by atoms with van der Waals surface area (Å²) >= 11 is 5.96. The van der Waals surface area contributed by atoms with Gasteiger partial charge in [0.15, 0.2) is 0 Å². The molecule has 1 aromatic heterocycles. The first-order valence-electron chi connectivity index (χ1n) is 8.69. The summed E-state index contributed by atoms with van der Waals surface area (Å²) in [5.41, 5.74) is 4.53. The molecule has 134 valence electrons. The zero-order valence-electron chi connectivity index (χ0n) is 14.8. The van der Waals surface area contributed by atoms with Gasteiger partial charge in [0, 0.05) is 36.8 Å². The summed E-state index contributed by atoms with van der Waals surface area (Å²) in [6.45, 7) is 0.640. The van der Waals surface area contributed by atoms with E-state index in [1.807, 2.05) is 43.7 Å². The van der Waals surface area contributed by atoms with E-state index in [1.54, 1.807) is 4.68 Å². The van der Waals surface area contributed by atoms with Crippen molar-refractivity contribution in [2.45, 2.75) is 19.3 Å². The van der Waals surface area contributed by atoms with Crippen molar-refractivity contribution in [1.29, 1.82) is 0 Å². The highest BCUT2D eigenvalue weighted by Gasteiger charge is 2.04. The number of halogens is 1. The van der Waals surface area contributed by atoms with Crippen LogP contribution in [0, 0.1) is 0 Å². The Labute approximate surface area is 158 Å². The van der Waals surface area contributed by atoms with Gasteiger partial charge in [-0.05, 0) is 41.7 Å². The van der Waals surface area contributed by atoms with Crippen molar-refractivity contribution in [2.24, 2.45) is 7.05 Å². The number of nitrogens with one attached hydrogen (secondary N) is 1. The second kappa shape index (κ2) is 8.68. The fourth-order valence-corrected chi connectivity index (χ4v) is 3.03. The molecule has 3 rings (SSSR count). The van der Waals surface area contributed by atoms with Gasteiger partial charge in [-0.1, -0.05) is 48.0 Å². The molecule has 0 aliphatic carbocycles. The quantitative estimate of drug-likeness (QED) is 0.685. The third-order valence-corrected chi connectivity index (χ3v) is 4.49. The van der Waals surface area contributed by atoms with Gasteiger partial charge < -0.3 is 5.32 Å². The molecule has 0 spiro atoms. The maximum atomic E-state index is 12.0. The summed E-state index contributed by atoms with van der Waals surface area (Å²) in [5.74, 6) is 0.0666. The van der Waals surface area contributed by atoms with Crippen LogP contribution in [0.2, 0.25) is 5.02 Å². The molecule has 0 radical (unpaired) electrons. The number of hydrogen-bond donors (Lipinski definition) is 1. The standard InChI is InChI=1S/C21H22ClN3O/c1-25-15-19(14-24-25)18-8-5-16(6-9-18)11-12-23-21(26)10-7-17-3-2-4-20(22)13-17/h2-6,8-9,13-15H,7,10-12H2,1H3,(H,23,26). The predicted molar refractivity (Wildman–Crippen MR) is 105 cm³/mol. The van der Waals surface area contributed by atoms with Crippen LogP contribution in [0.5, 0.6) is 0 Å². The molecular formula is C21H22ClN3O. The summed E-state index contributed by atoms with van der Waals surface area (Å²) in [6, 6.07) is 16.0. The summed E-state index contributed by atoms with van der Waals surface area (Å²) < 4.78 is 1.79. The van der Waals surface area contributed by atoms with Gasteiger partial charge in [-0.2, -0.15) is 5.10 Å². The topological polar surface area (TPSA) is 46.9 Å². The lowest BCUT2D eigenvalue weighted by atomic mass is 10.1. The molecule has 0 aliphatic rings. The van der Waals surface area contributed by atoms with E-state index in [1.165, 1.54) is 5.56 Å². The number of hydrogen-bond acceptors (Lipinski definition) is 2. The fourth-order valence-electron chi connectivity index (χ4n) is 2.82. The Bertz CT molecular complexity index is 871. The smallest absolute Gasteiger partial charge is 0.220 e. The molecule has 1 amide bonds. The lowest BCUT2D eigenvalue weighted by Gasteiger charge is -2.07. The average Bonchev–Trinajstić information content (AvgIpc) is 3.07. The Morgan fingerprint density at radius 1 is 1.08 bits per heavy atom. The normalized spacial score (nSPS) is 10.7. The molecule has 0 aliphatic heterocycles. The summed E-state index contributed by atoms with van der Waals surface area (Å²) in [4.78, 5) is 12.0. The maximum absolute atomic E-state index is 12.0. The first-order chi connectivity index (χ1) is 12.6. The molecule has 0 saturated heterocycles. The lowest BCUT2D eigenvalue weighted by molar-refractivity contribution is -0.121. The number of carbonyl (C=O) groups is 1. The molecule has 3 aromatic rings. The Balaban J connectivity index is 1.42. The second-order valence-corrected chi connectivity index (χ2v) is 6.77. The lowest BCUT2D eigenvalue weighted by Crippen LogP contribution is -2.25. The number of nitrogens with zero attached hydrogens (tertiary/aromatic N) is 2. The number of amides is 1.